The van der Waals surface area contributed by atoms with Gasteiger partial charge in [0.15, 0.2) is 0 Å². The lowest BCUT2D eigenvalue weighted by Crippen LogP contribution is -2.01. The van der Waals surface area contributed by atoms with Crippen LogP contribution in [0.25, 0.3) is 11.3 Å². The monoisotopic (exact) mass is 244 g/mol. The Labute approximate surface area is 104 Å². The number of aromatic nitrogens is 1. The van der Waals surface area contributed by atoms with Crippen molar-refractivity contribution in [3.63, 3.8) is 0 Å². The largest absolute Gasteiger partial charge is 0.465 e. The summed E-state index contributed by atoms with van der Waals surface area (Å²) >= 11 is 0. The first-order valence-electron chi connectivity index (χ1n) is 5.29. The maximum atomic E-state index is 11.3. The number of nitrogens with zero attached hydrogens (tertiary/aromatic N) is 1. The molecule has 1 aromatic carbocycles. The molecular weight excluding hydrogens is 232 g/mol. The van der Waals surface area contributed by atoms with Gasteiger partial charge in [0.1, 0.15) is 0 Å². The van der Waals surface area contributed by atoms with Gasteiger partial charge in [-0.1, -0.05) is 12.1 Å². The van der Waals surface area contributed by atoms with E-state index >= 15 is 0 Å². The number of pyridine rings is 1. The minimum absolute atomic E-state index is 0.401. The van der Waals surface area contributed by atoms with E-state index in [2.05, 4.69) is 15.2 Å². The Morgan fingerprint density at radius 2 is 2.17 bits per heavy atom. The van der Waals surface area contributed by atoms with Gasteiger partial charge in [0.2, 0.25) is 0 Å². The highest BCUT2D eigenvalue weighted by molar-refractivity contribution is 5.89. The molecule has 2 N–H and O–H groups in total. The average molecular weight is 244 g/mol. The Balaban J connectivity index is 2.31. The summed E-state index contributed by atoms with van der Waals surface area (Å²) in [5.41, 5.74) is 4.60. The van der Waals surface area contributed by atoms with Crippen molar-refractivity contribution in [2.75, 3.05) is 12.6 Å². The van der Waals surface area contributed by atoms with Crippen molar-refractivity contribution in [3.8, 4) is 11.3 Å². The number of rotatable bonds is 3. The van der Waals surface area contributed by atoms with Gasteiger partial charge < -0.3 is 4.74 Å². The van der Waals surface area contributed by atoms with E-state index in [1.54, 1.807) is 30.3 Å². The Kier molecular flexibility index (Phi) is 3.54. The molecule has 0 aliphatic heterocycles. The van der Waals surface area contributed by atoms with Gasteiger partial charge in [0.05, 0.1) is 24.1 Å². The van der Waals surface area contributed by atoms with Crippen LogP contribution in [-0.2, 0) is 4.74 Å². The smallest absolute Gasteiger partial charge is 0.339 e. The molecule has 2 rings (SSSR count). The third-order valence-corrected chi connectivity index (χ3v) is 2.47. The highest BCUT2D eigenvalue weighted by Gasteiger charge is 2.06. The fourth-order valence-electron chi connectivity index (χ4n) is 1.55. The standard InChI is InChI=1S/C13H12N2O3/c1-18-13(16)10-5-6-12(14-8-10)9-3-2-4-11(7-9)15-17/h2-8,15,17H,1H3. The van der Waals surface area contributed by atoms with Gasteiger partial charge in [-0.05, 0) is 24.3 Å². The van der Waals surface area contributed by atoms with Crippen LogP contribution >= 0.6 is 0 Å². The van der Waals surface area contributed by atoms with E-state index in [1.807, 2.05) is 6.07 Å². The Morgan fingerprint density at radius 1 is 1.33 bits per heavy atom. The molecule has 0 bridgehead atoms. The number of carbonyl (C=O) groups is 1. The van der Waals surface area contributed by atoms with Crippen LogP contribution in [0.1, 0.15) is 10.4 Å². The lowest BCUT2D eigenvalue weighted by Gasteiger charge is -2.04. The highest BCUT2D eigenvalue weighted by atomic mass is 16.5. The van der Waals surface area contributed by atoms with E-state index in [0.29, 0.717) is 16.9 Å². The molecule has 2 aromatic rings. The Morgan fingerprint density at radius 3 is 2.78 bits per heavy atom. The maximum Gasteiger partial charge on any atom is 0.339 e. The van der Waals surface area contributed by atoms with Gasteiger partial charge in [-0.15, -0.1) is 0 Å². The predicted molar refractivity (Wildman–Crippen MR) is 66.4 cm³/mol. The van der Waals surface area contributed by atoms with E-state index in [1.165, 1.54) is 13.3 Å². The molecule has 0 radical (unpaired) electrons. The molecule has 0 unspecified atom stereocenters. The maximum absolute atomic E-state index is 11.3. The van der Waals surface area contributed by atoms with Crippen LogP contribution in [0.3, 0.4) is 0 Å². The number of methoxy groups -OCH3 is 1. The van der Waals surface area contributed by atoms with E-state index in [0.717, 1.165) is 5.56 Å². The molecule has 0 saturated carbocycles. The van der Waals surface area contributed by atoms with Crippen molar-refractivity contribution < 1.29 is 14.7 Å². The summed E-state index contributed by atoms with van der Waals surface area (Å²) in [6, 6.07) is 10.5. The van der Waals surface area contributed by atoms with E-state index < -0.39 is 5.97 Å². The number of nitrogens with one attached hydrogen (secondary N) is 1. The summed E-state index contributed by atoms with van der Waals surface area (Å²) in [4.78, 5) is 15.4. The minimum atomic E-state index is -0.417. The van der Waals surface area contributed by atoms with Crippen molar-refractivity contribution in [2.24, 2.45) is 0 Å². The summed E-state index contributed by atoms with van der Waals surface area (Å²) in [5.74, 6) is -0.417. The van der Waals surface area contributed by atoms with Crippen LogP contribution in [0.15, 0.2) is 42.6 Å². The second-order valence-electron chi connectivity index (χ2n) is 3.62. The molecule has 0 spiro atoms. The van der Waals surface area contributed by atoms with Crippen molar-refractivity contribution in [1.82, 2.24) is 4.98 Å². The number of hydrogen-bond donors (Lipinski definition) is 2. The molecule has 0 saturated heterocycles. The van der Waals surface area contributed by atoms with Gasteiger partial charge in [0, 0.05) is 11.8 Å². The first-order valence-corrected chi connectivity index (χ1v) is 5.29. The highest BCUT2D eigenvalue weighted by Crippen LogP contribution is 2.20. The zero-order valence-electron chi connectivity index (χ0n) is 9.75. The normalized spacial score (nSPS) is 9.89. The van der Waals surface area contributed by atoms with Crippen LogP contribution in [0, 0.1) is 0 Å². The summed E-state index contributed by atoms with van der Waals surface area (Å²) in [5, 5.41) is 8.83. The predicted octanol–water partition coefficient (Wildman–Crippen LogP) is 2.34. The molecule has 5 heteroatoms. The van der Waals surface area contributed by atoms with Gasteiger partial charge in [-0.3, -0.25) is 15.7 Å². The van der Waals surface area contributed by atoms with Gasteiger partial charge in [-0.25, -0.2) is 4.79 Å². The first-order chi connectivity index (χ1) is 8.74. The zero-order chi connectivity index (χ0) is 13.0. The Hall–Kier alpha value is -2.40. The topological polar surface area (TPSA) is 71.5 Å². The Bertz CT molecular complexity index is 552. The summed E-state index contributed by atoms with van der Waals surface area (Å²) < 4.78 is 4.60. The second kappa shape index (κ2) is 5.29. The van der Waals surface area contributed by atoms with Gasteiger partial charge >= 0.3 is 5.97 Å². The number of anilines is 1. The van der Waals surface area contributed by atoms with Crippen molar-refractivity contribution in [1.29, 1.82) is 0 Å². The van der Waals surface area contributed by atoms with Gasteiger partial charge in [0.25, 0.3) is 0 Å². The first kappa shape index (κ1) is 12.1. The van der Waals surface area contributed by atoms with Crippen molar-refractivity contribution >= 4 is 11.7 Å². The SMILES string of the molecule is COC(=O)c1ccc(-c2cccc(NO)c2)nc1. The number of esters is 1. The molecule has 5 nitrogen and oxygen atoms in total. The van der Waals surface area contributed by atoms with E-state index in [9.17, 15) is 4.79 Å². The second-order valence-corrected chi connectivity index (χ2v) is 3.62. The molecule has 1 aromatic heterocycles. The number of hydrogen-bond acceptors (Lipinski definition) is 5. The molecule has 18 heavy (non-hydrogen) atoms. The fourth-order valence-corrected chi connectivity index (χ4v) is 1.55. The molecule has 1 heterocycles. The molecule has 0 fully saturated rings. The van der Waals surface area contributed by atoms with Gasteiger partial charge in [-0.2, -0.15) is 0 Å². The van der Waals surface area contributed by atoms with Crippen LogP contribution in [0.2, 0.25) is 0 Å². The van der Waals surface area contributed by atoms with Crippen molar-refractivity contribution in [2.45, 2.75) is 0 Å². The molecular formula is C13H12N2O3. The third kappa shape index (κ3) is 2.46. The summed E-state index contributed by atoms with van der Waals surface area (Å²) in [6.45, 7) is 0. The lowest BCUT2D eigenvalue weighted by molar-refractivity contribution is 0.0600. The third-order valence-electron chi connectivity index (χ3n) is 2.47. The number of carbonyl (C=O) groups excluding carboxylic acids is 1. The summed E-state index contributed by atoms with van der Waals surface area (Å²) in [6.07, 6.45) is 1.46. The zero-order valence-corrected chi connectivity index (χ0v) is 9.75. The molecule has 0 atom stereocenters. The number of benzene rings is 1. The van der Waals surface area contributed by atoms with E-state index in [-0.39, 0.29) is 0 Å². The van der Waals surface area contributed by atoms with E-state index in [4.69, 9.17) is 5.21 Å². The molecule has 0 amide bonds. The summed E-state index contributed by atoms with van der Waals surface area (Å²) in [7, 11) is 1.33. The molecule has 92 valence electrons. The number of ether oxygens (including phenoxy) is 1. The van der Waals surface area contributed by atoms with Crippen molar-refractivity contribution in [3.05, 3.63) is 48.2 Å². The quantitative estimate of drug-likeness (QED) is 0.640. The van der Waals surface area contributed by atoms with Crippen LogP contribution in [-0.4, -0.2) is 23.3 Å². The minimum Gasteiger partial charge on any atom is -0.465 e. The lowest BCUT2D eigenvalue weighted by atomic mass is 10.1. The van der Waals surface area contributed by atoms with Crippen LogP contribution < -0.4 is 5.48 Å². The van der Waals surface area contributed by atoms with Crippen LogP contribution in [0.4, 0.5) is 5.69 Å². The fraction of sp³-hybridized carbons (Fsp3) is 0.0769. The molecule has 0 aliphatic rings. The average Bonchev–Trinajstić information content (AvgIpc) is 2.46. The molecule has 0 aliphatic carbocycles. The van der Waals surface area contributed by atoms with Crippen LogP contribution in [0.5, 0.6) is 0 Å².